The van der Waals surface area contributed by atoms with Gasteiger partial charge >= 0.3 is 0 Å². The molecule has 0 aliphatic heterocycles. The molecule has 6 nitrogen and oxygen atoms in total. The van der Waals surface area contributed by atoms with Crippen molar-refractivity contribution in [2.24, 2.45) is 0 Å². The molecular formula is C24H26N4O2S. The van der Waals surface area contributed by atoms with Gasteiger partial charge in [-0.3, -0.25) is 9.59 Å². The normalized spacial score (nSPS) is 15.2. The lowest BCUT2D eigenvalue weighted by Gasteiger charge is -2.19. The molecule has 7 heteroatoms. The van der Waals surface area contributed by atoms with Crippen molar-refractivity contribution in [3.63, 3.8) is 0 Å². The monoisotopic (exact) mass is 434 g/mol. The smallest absolute Gasteiger partial charge is 0.251 e. The van der Waals surface area contributed by atoms with Crippen LogP contribution in [0.2, 0.25) is 0 Å². The number of aromatic nitrogens is 2. The van der Waals surface area contributed by atoms with E-state index in [0.717, 1.165) is 23.4 Å². The third-order valence-electron chi connectivity index (χ3n) is 5.57. The van der Waals surface area contributed by atoms with Crippen LogP contribution < -0.4 is 10.6 Å². The van der Waals surface area contributed by atoms with E-state index in [1.54, 1.807) is 12.1 Å². The maximum absolute atomic E-state index is 12.8. The maximum Gasteiger partial charge on any atom is 0.251 e. The zero-order chi connectivity index (χ0) is 21.5. The van der Waals surface area contributed by atoms with E-state index in [0.29, 0.717) is 16.6 Å². The van der Waals surface area contributed by atoms with Crippen LogP contribution in [-0.4, -0.2) is 22.0 Å². The highest BCUT2D eigenvalue weighted by atomic mass is 32.1. The Morgan fingerprint density at radius 2 is 1.61 bits per heavy atom. The number of carbonyl (C=O) groups excluding carboxylic acids is 2. The van der Waals surface area contributed by atoms with Gasteiger partial charge < -0.3 is 10.6 Å². The number of rotatable bonds is 7. The molecule has 2 amide bonds. The number of anilines is 1. The molecule has 0 bridgehead atoms. The molecule has 1 aliphatic carbocycles. The van der Waals surface area contributed by atoms with Crippen LogP contribution >= 0.6 is 11.3 Å². The number of benzene rings is 2. The Morgan fingerprint density at radius 3 is 2.32 bits per heavy atom. The molecule has 0 radical (unpaired) electrons. The third-order valence-corrected chi connectivity index (χ3v) is 6.58. The van der Waals surface area contributed by atoms with Gasteiger partial charge in [0.1, 0.15) is 5.01 Å². The van der Waals surface area contributed by atoms with Gasteiger partial charge in [-0.2, -0.15) is 0 Å². The lowest BCUT2D eigenvalue weighted by atomic mass is 9.90. The Hall–Kier alpha value is -3.06. The highest BCUT2D eigenvalue weighted by Crippen LogP contribution is 2.35. The fourth-order valence-corrected chi connectivity index (χ4v) is 4.85. The van der Waals surface area contributed by atoms with Crippen molar-refractivity contribution in [3.05, 3.63) is 76.8 Å². The fourth-order valence-electron chi connectivity index (χ4n) is 3.92. The SMILES string of the molecule is O=C(CC(NC(=O)c1ccccc1)c1ccccc1)Nc1nnc(C2CCCCC2)s1. The van der Waals surface area contributed by atoms with Crippen molar-refractivity contribution in [3.8, 4) is 0 Å². The lowest BCUT2D eigenvalue weighted by molar-refractivity contribution is -0.116. The second kappa shape index (κ2) is 10.3. The average molecular weight is 435 g/mol. The van der Waals surface area contributed by atoms with Crippen LogP contribution in [0.4, 0.5) is 5.13 Å². The standard InChI is InChI=1S/C24H26N4O2S/c29-21(26-24-28-27-23(31-24)19-14-8-3-9-15-19)16-20(17-10-4-1-5-11-17)25-22(30)18-12-6-2-7-13-18/h1-2,4-7,10-13,19-20H,3,8-9,14-16H2,(H,25,30)(H,26,28,29). The minimum Gasteiger partial charge on any atom is -0.345 e. The van der Waals surface area contributed by atoms with Crippen LogP contribution in [0, 0.1) is 0 Å². The van der Waals surface area contributed by atoms with Gasteiger partial charge in [-0.15, -0.1) is 10.2 Å². The molecule has 1 saturated carbocycles. The molecule has 31 heavy (non-hydrogen) atoms. The van der Waals surface area contributed by atoms with E-state index in [4.69, 9.17) is 0 Å². The maximum atomic E-state index is 12.8. The van der Waals surface area contributed by atoms with E-state index < -0.39 is 6.04 Å². The third kappa shape index (κ3) is 5.76. The van der Waals surface area contributed by atoms with Crippen LogP contribution in [0.5, 0.6) is 0 Å². The van der Waals surface area contributed by atoms with Crippen molar-refractivity contribution < 1.29 is 9.59 Å². The average Bonchev–Trinajstić information content (AvgIpc) is 3.28. The zero-order valence-corrected chi connectivity index (χ0v) is 18.1. The summed E-state index contributed by atoms with van der Waals surface area (Å²) in [5.41, 5.74) is 1.44. The number of nitrogens with zero attached hydrogens (tertiary/aromatic N) is 2. The van der Waals surface area contributed by atoms with Crippen molar-refractivity contribution in [2.45, 2.75) is 50.5 Å². The van der Waals surface area contributed by atoms with Crippen molar-refractivity contribution in [1.82, 2.24) is 15.5 Å². The van der Waals surface area contributed by atoms with Gasteiger partial charge in [0.25, 0.3) is 5.91 Å². The summed E-state index contributed by atoms with van der Waals surface area (Å²) in [6.07, 6.45) is 6.14. The molecule has 1 aliphatic rings. The molecule has 0 spiro atoms. The molecule has 2 aromatic carbocycles. The molecular weight excluding hydrogens is 408 g/mol. The van der Waals surface area contributed by atoms with E-state index in [2.05, 4.69) is 20.8 Å². The van der Waals surface area contributed by atoms with Gasteiger partial charge in [0, 0.05) is 11.5 Å². The Bertz CT molecular complexity index is 1000. The molecule has 160 valence electrons. The summed E-state index contributed by atoms with van der Waals surface area (Å²) < 4.78 is 0. The van der Waals surface area contributed by atoms with Gasteiger partial charge in [0.15, 0.2) is 0 Å². The van der Waals surface area contributed by atoms with Gasteiger partial charge in [-0.25, -0.2) is 0 Å². The van der Waals surface area contributed by atoms with Crippen molar-refractivity contribution in [1.29, 1.82) is 0 Å². The quantitative estimate of drug-likeness (QED) is 0.543. The lowest BCUT2D eigenvalue weighted by Crippen LogP contribution is -2.31. The van der Waals surface area contributed by atoms with Crippen molar-refractivity contribution in [2.75, 3.05) is 5.32 Å². The molecule has 1 fully saturated rings. The van der Waals surface area contributed by atoms with Crippen LogP contribution in [0.3, 0.4) is 0 Å². The van der Waals surface area contributed by atoms with Crippen LogP contribution in [0.25, 0.3) is 0 Å². The number of carbonyl (C=O) groups is 2. The summed E-state index contributed by atoms with van der Waals surface area (Å²) >= 11 is 1.46. The van der Waals surface area contributed by atoms with Crippen molar-refractivity contribution >= 4 is 28.3 Å². The van der Waals surface area contributed by atoms with Crippen LogP contribution in [0.1, 0.15) is 71.4 Å². The zero-order valence-electron chi connectivity index (χ0n) is 17.3. The highest BCUT2D eigenvalue weighted by Gasteiger charge is 2.22. The fraction of sp³-hybridized carbons (Fsp3) is 0.333. The first-order valence-electron chi connectivity index (χ1n) is 10.7. The summed E-state index contributed by atoms with van der Waals surface area (Å²) in [6, 6.07) is 18.1. The van der Waals surface area contributed by atoms with E-state index >= 15 is 0 Å². The first kappa shape index (κ1) is 21.2. The topological polar surface area (TPSA) is 84.0 Å². The molecule has 1 atom stereocenters. The highest BCUT2D eigenvalue weighted by molar-refractivity contribution is 7.15. The molecule has 0 saturated heterocycles. The summed E-state index contributed by atoms with van der Waals surface area (Å²) in [5, 5.41) is 15.9. The molecule has 1 aromatic heterocycles. The Morgan fingerprint density at radius 1 is 0.935 bits per heavy atom. The number of nitrogens with one attached hydrogen (secondary N) is 2. The van der Waals surface area contributed by atoms with Crippen LogP contribution in [0.15, 0.2) is 60.7 Å². The van der Waals surface area contributed by atoms with Gasteiger partial charge in [-0.1, -0.05) is 79.1 Å². The summed E-state index contributed by atoms with van der Waals surface area (Å²) in [5.74, 6) is 0.0467. The molecule has 4 rings (SSSR count). The predicted molar refractivity (Wildman–Crippen MR) is 122 cm³/mol. The number of amides is 2. The van der Waals surface area contributed by atoms with Gasteiger partial charge in [-0.05, 0) is 30.5 Å². The van der Waals surface area contributed by atoms with Gasteiger partial charge in [0.05, 0.1) is 12.5 Å². The second-order valence-corrected chi connectivity index (χ2v) is 8.84. The first-order chi connectivity index (χ1) is 15.2. The Balaban J connectivity index is 1.42. The van der Waals surface area contributed by atoms with E-state index in [1.165, 1.54) is 30.6 Å². The van der Waals surface area contributed by atoms with Crippen LogP contribution in [-0.2, 0) is 4.79 Å². The number of hydrogen-bond donors (Lipinski definition) is 2. The predicted octanol–water partition coefficient (Wildman–Crippen LogP) is 5.09. The Labute approximate surface area is 186 Å². The second-order valence-electron chi connectivity index (χ2n) is 7.84. The Kier molecular flexibility index (Phi) is 7.04. The first-order valence-corrected chi connectivity index (χ1v) is 11.5. The van der Waals surface area contributed by atoms with E-state index in [-0.39, 0.29) is 18.2 Å². The molecule has 1 heterocycles. The van der Waals surface area contributed by atoms with E-state index in [9.17, 15) is 9.59 Å². The minimum atomic E-state index is -0.445. The minimum absolute atomic E-state index is 0.112. The molecule has 1 unspecified atom stereocenters. The summed E-state index contributed by atoms with van der Waals surface area (Å²) in [4.78, 5) is 25.5. The summed E-state index contributed by atoms with van der Waals surface area (Å²) in [6.45, 7) is 0. The van der Waals surface area contributed by atoms with E-state index in [1.807, 2.05) is 48.5 Å². The largest absolute Gasteiger partial charge is 0.345 e. The molecule has 3 aromatic rings. The van der Waals surface area contributed by atoms with Gasteiger partial charge in [0.2, 0.25) is 11.0 Å². The number of hydrogen-bond acceptors (Lipinski definition) is 5. The summed E-state index contributed by atoms with van der Waals surface area (Å²) in [7, 11) is 0. The molecule has 2 N–H and O–H groups in total.